The van der Waals surface area contributed by atoms with Crippen LogP contribution in [0.5, 0.6) is 0 Å². The van der Waals surface area contributed by atoms with Crippen molar-refractivity contribution in [3.8, 4) is 0 Å². The lowest BCUT2D eigenvalue weighted by atomic mass is 10.1. The molecular weight excluding hydrogens is 368 g/mol. The summed E-state index contributed by atoms with van der Waals surface area (Å²) in [6.45, 7) is 0. The molecule has 0 aliphatic heterocycles. The number of anilines is 3. The van der Waals surface area contributed by atoms with Crippen LogP contribution in [0.1, 0.15) is 23.6 Å². The van der Waals surface area contributed by atoms with E-state index in [9.17, 15) is 0 Å². The lowest BCUT2D eigenvalue weighted by Gasteiger charge is -2.16. The van der Waals surface area contributed by atoms with E-state index in [0.717, 1.165) is 46.5 Å². The molecule has 0 amide bonds. The number of nitrogens with one attached hydrogen (secondary N) is 3. The third kappa shape index (κ3) is 2.98. The molecule has 0 bridgehead atoms. The van der Waals surface area contributed by atoms with Gasteiger partial charge in [0.2, 0.25) is 0 Å². The highest BCUT2D eigenvalue weighted by Gasteiger charge is 2.22. The lowest BCUT2D eigenvalue weighted by Crippen LogP contribution is -2.08. The third-order valence-electron chi connectivity index (χ3n) is 6.02. The number of nitrogens with zero attached hydrogens (tertiary/aromatic N) is 1. The van der Waals surface area contributed by atoms with Crippen LogP contribution in [0, 0.1) is 0 Å². The van der Waals surface area contributed by atoms with Gasteiger partial charge in [-0.15, -0.1) is 0 Å². The molecule has 30 heavy (non-hydrogen) atoms. The number of H-pyrrole nitrogens is 1. The minimum Gasteiger partial charge on any atom is -0.363 e. The van der Waals surface area contributed by atoms with Crippen molar-refractivity contribution in [2.24, 2.45) is 0 Å². The highest BCUT2D eigenvalue weighted by molar-refractivity contribution is 5.95. The van der Waals surface area contributed by atoms with Crippen molar-refractivity contribution in [3.05, 3.63) is 96.2 Å². The van der Waals surface area contributed by atoms with Crippen molar-refractivity contribution in [1.29, 1.82) is 0 Å². The Kier molecular flexibility index (Phi) is 3.94. The summed E-state index contributed by atoms with van der Waals surface area (Å²) in [6.07, 6.45) is 4.21. The van der Waals surface area contributed by atoms with Crippen LogP contribution >= 0.6 is 0 Å². The molecule has 3 aromatic carbocycles. The predicted octanol–water partition coefficient (Wildman–Crippen LogP) is 6.56. The molecule has 2 heterocycles. The van der Waals surface area contributed by atoms with Crippen LogP contribution in [0.15, 0.2) is 85.1 Å². The molecule has 4 heteroatoms. The van der Waals surface area contributed by atoms with Gasteiger partial charge in [-0.2, -0.15) is 0 Å². The van der Waals surface area contributed by atoms with Crippen LogP contribution < -0.4 is 10.6 Å². The van der Waals surface area contributed by atoms with Gasteiger partial charge in [-0.3, -0.25) is 0 Å². The number of aryl methyl sites for hydroxylation is 1. The minimum absolute atomic E-state index is 0.334. The number of pyridine rings is 1. The standard InChI is InChI=1S/C26H22N4/c1-2-5-20-17(4-1)8-11-25(20)30-26-13-10-21-23(6-3-7-24(21)29-26)28-19-9-12-22-18(16-19)14-15-27-22/h1-7,9-10,12-16,25,27-28H,8,11H2,(H,29,30)/t25-/m1/s1. The van der Waals surface area contributed by atoms with Gasteiger partial charge < -0.3 is 15.6 Å². The van der Waals surface area contributed by atoms with E-state index >= 15 is 0 Å². The number of fused-ring (bicyclic) bond motifs is 3. The van der Waals surface area contributed by atoms with E-state index in [1.807, 2.05) is 6.20 Å². The van der Waals surface area contributed by atoms with E-state index in [0.29, 0.717) is 6.04 Å². The van der Waals surface area contributed by atoms with Crippen LogP contribution in [0.4, 0.5) is 17.2 Å². The van der Waals surface area contributed by atoms with Gasteiger partial charge in [0, 0.05) is 33.9 Å². The van der Waals surface area contributed by atoms with Crippen molar-refractivity contribution < 1.29 is 0 Å². The molecule has 5 aromatic rings. The second-order valence-electron chi connectivity index (χ2n) is 7.91. The summed E-state index contributed by atoms with van der Waals surface area (Å²) in [7, 11) is 0. The summed E-state index contributed by atoms with van der Waals surface area (Å²) in [6, 6.07) is 27.9. The molecule has 3 N–H and O–H groups in total. The SMILES string of the molecule is c1ccc2c(c1)CC[C@H]2Nc1ccc2c(Nc3ccc4[nH]ccc4c3)cccc2n1. The van der Waals surface area contributed by atoms with Crippen molar-refractivity contribution in [3.63, 3.8) is 0 Å². The highest BCUT2D eigenvalue weighted by atomic mass is 15.0. The van der Waals surface area contributed by atoms with Gasteiger partial charge in [0.15, 0.2) is 0 Å². The van der Waals surface area contributed by atoms with Crippen molar-refractivity contribution in [2.45, 2.75) is 18.9 Å². The fraction of sp³-hybridized carbons (Fsp3) is 0.115. The summed E-state index contributed by atoms with van der Waals surface area (Å²) >= 11 is 0. The normalized spacial score (nSPS) is 15.4. The lowest BCUT2D eigenvalue weighted by molar-refractivity contribution is 0.758. The van der Waals surface area contributed by atoms with Gasteiger partial charge in [-0.1, -0.05) is 30.3 Å². The Bertz CT molecular complexity index is 1370. The summed E-state index contributed by atoms with van der Waals surface area (Å²) in [5.41, 5.74) is 7.10. The minimum atomic E-state index is 0.334. The average Bonchev–Trinajstić information content (AvgIpc) is 3.41. The molecular formula is C26H22N4. The fourth-order valence-electron chi connectivity index (χ4n) is 4.52. The third-order valence-corrected chi connectivity index (χ3v) is 6.02. The van der Waals surface area contributed by atoms with Crippen LogP contribution in [-0.4, -0.2) is 9.97 Å². The second kappa shape index (κ2) is 6.92. The first-order valence-electron chi connectivity index (χ1n) is 10.4. The van der Waals surface area contributed by atoms with E-state index in [1.165, 1.54) is 16.5 Å². The zero-order valence-corrected chi connectivity index (χ0v) is 16.5. The van der Waals surface area contributed by atoms with Crippen molar-refractivity contribution in [1.82, 2.24) is 9.97 Å². The average molecular weight is 390 g/mol. The number of aromatic amines is 1. The molecule has 1 atom stereocenters. The van der Waals surface area contributed by atoms with Crippen molar-refractivity contribution >= 4 is 39.0 Å². The maximum absolute atomic E-state index is 4.90. The molecule has 4 nitrogen and oxygen atoms in total. The van der Waals surface area contributed by atoms with E-state index in [4.69, 9.17) is 4.98 Å². The first-order chi connectivity index (χ1) is 14.8. The summed E-state index contributed by atoms with van der Waals surface area (Å²) < 4.78 is 0. The van der Waals surface area contributed by atoms with E-state index in [1.54, 1.807) is 0 Å². The molecule has 0 unspecified atom stereocenters. The molecule has 0 spiro atoms. The number of hydrogen-bond acceptors (Lipinski definition) is 3. The second-order valence-corrected chi connectivity index (χ2v) is 7.91. The summed E-state index contributed by atoms with van der Waals surface area (Å²) in [5.74, 6) is 0.926. The molecule has 0 radical (unpaired) electrons. The molecule has 1 aliphatic carbocycles. The van der Waals surface area contributed by atoms with Crippen LogP contribution in [-0.2, 0) is 6.42 Å². The van der Waals surface area contributed by atoms with E-state index in [2.05, 4.69) is 94.5 Å². The Morgan fingerprint density at radius 3 is 2.87 bits per heavy atom. The predicted molar refractivity (Wildman–Crippen MR) is 124 cm³/mol. The quantitative estimate of drug-likeness (QED) is 0.326. The van der Waals surface area contributed by atoms with Crippen molar-refractivity contribution in [2.75, 3.05) is 10.6 Å². The maximum atomic E-state index is 4.90. The first kappa shape index (κ1) is 17.1. The molecule has 1 aliphatic rings. The van der Waals surface area contributed by atoms with Gasteiger partial charge >= 0.3 is 0 Å². The number of benzene rings is 3. The molecule has 0 saturated carbocycles. The van der Waals surface area contributed by atoms with Crippen LogP contribution in [0.2, 0.25) is 0 Å². The smallest absolute Gasteiger partial charge is 0.127 e. The molecule has 6 rings (SSSR count). The van der Waals surface area contributed by atoms with Gasteiger partial charge in [0.1, 0.15) is 5.82 Å². The summed E-state index contributed by atoms with van der Waals surface area (Å²) in [5, 5.41) is 9.51. The monoisotopic (exact) mass is 390 g/mol. The zero-order chi connectivity index (χ0) is 19.9. The molecule has 0 fully saturated rings. The van der Waals surface area contributed by atoms with Crippen LogP contribution in [0.3, 0.4) is 0 Å². The van der Waals surface area contributed by atoms with Gasteiger partial charge in [-0.25, -0.2) is 4.98 Å². The molecule has 146 valence electrons. The summed E-state index contributed by atoms with van der Waals surface area (Å²) in [4.78, 5) is 8.14. The van der Waals surface area contributed by atoms with Gasteiger partial charge in [0.05, 0.1) is 11.6 Å². The van der Waals surface area contributed by atoms with Gasteiger partial charge in [0.25, 0.3) is 0 Å². The Labute approximate surface area is 175 Å². The van der Waals surface area contributed by atoms with E-state index < -0.39 is 0 Å². The Morgan fingerprint density at radius 2 is 1.87 bits per heavy atom. The zero-order valence-electron chi connectivity index (χ0n) is 16.5. The molecule has 0 saturated heterocycles. The van der Waals surface area contributed by atoms with Crippen LogP contribution in [0.25, 0.3) is 21.8 Å². The Morgan fingerprint density at radius 1 is 0.900 bits per heavy atom. The Balaban J connectivity index is 1.29. The maximum Gasteiger partial charge on any atom is 0.127 e. The number of hydrogen-bond donors (Lipinski definition) is 3. The number of aromatic nitrogens is 2. The van der Waals surface area contributed by atoms with Gasteiger partial charge in [-0.05, 0) is 72.5 Å². The number of rotatable bonds is 4. The Hall–Kier alpha value is -3.79. The topological polar surface area (TPSA) is 52.7 Å². The first-order valence-corrected chi connectivity index (χ1v) is 10.4. The highest BCUT2D eigenvalue weighted by Crippen LogP contribution is 2.34. The van der Waals surface area contributed by atoms with E-state index in [-0.39, 0.29) is 0 Å². The largest absolute Gasteiger partial charge is 0.363 e. The fourth-order valence-corrected chi connectivity index (χ4v) is 4.52. The molecule has 2 aromatic heterocycles.